The van der Waals surface area contributed by atoms with Crippen molar-refractivity contribution in [3.05, 3.63) is 54.1 Å². The zero-order valence-electron chi connectivity index (χ0n) is 12.6. The summed E-state index contributed by atoms with van der Waals surface area (Å²) < 4.78 is 0. The summed E-state index contributed by atoms with van der Waals surface area (Å²) in [5.74, 6) is 0. The Kier molecular flexibility index (Phi) is 3.04. The number of benzene rings is 1. The summed E-state index contributed by atoms with van der Waals surface area (Å²) in [5.41, 5.74) is 10.7. The zero-order valence-corrected chi connectivity index (χ0v) is 12.6. The smallest absolute Gasteiger partial charge is 0.141 e. The van der Waals surface area contributed by atoms with Gasteiger partial charge in [0, 0.05) is 17.3 Å². The van der Waals surface area contributed by atoms with Crippen LogP contribution in [0.3, 0.4) is 0 Å². The van der Waals surface area contributed by atoms with E-state index < -0.39 is 0 Å². The van der Waals surface area contributed by atoms with Crippen LogP contribution in [-0.2, 0) is 6.54 Å². The van der Waals surface area contributed by atoms with Crippen LogP contribution in [0.5, 0.6) is 0 Å². The highest BCUT2D eigenvalue weighted by molar-refractivity contribution is 5.89. The summed E-state index contributed by atoms with van der Waals surface area (Å²) in [4.78, 5) is 13.3. The highest BCUT2D eigenvalue weighted by Gasteiger charge is 2.15. The standard InChI is InChI=1S/C16H15N7/c1-10-14(15-13-6-7-18-16(13)20-9-19-15)22-23(21-10)8-11-2-4-12(17)5-3-11/h2-7,9H,8,17H2,1H3,(H,18,19,20). The molecule has 1 aromatic carbocycles. The summed E-state index contributed by atoms with van der Waals surface area (Å²) in [6.07, 6.45) is 3.38. The van der Waals surface area contributed by atoms with Crippen LogP contribution in [0, 0.1) is 6.92 Å². The normalized spacial score (nSPS) is 11.2. The van der Waals surface area contributed by atoms with Gasteiger partial charge in [-0.25, -0.2) is 9.97 Å². The molecule has 0 saturated heterocycles. The van der Waals surface area contributed by atoms with Crippen molar-refractivity contribution in [1.29, 1.82) is 0 Å². The van der Waals surface area contributed by atoms with Gasteiger partial charge < -0.3 is 10.7 Å². The van der Waals surface area contributed by atoms with Crippen LogP contribution in [0.1, 0.15) is 11.3 Å². The van der Waals surface area contributed by atoms with E-state index in [1.165, 1.54) is 6.33 Å². The van der Waals surface area contributed by atoms with Gasteiger partial charge >= 0.3 is 0 Å². The zero-order chi connectivity index (χ0) is 15.8. The summed E-state index contributed by atoms with van der Waals surface area (Å²) in [6.45, 7) is 2.52. The minimum atomic E-state index is 0.586. The van der Waals surface area contributed by atoms with E-state index in [0.29, 0.717) is 6.54 Å². The molecule has 7 heteroatoms. The van der Waals surface area contributed by atoms with E-state index in [1.807, 2.05) is 43.5 Å². The van der Waals surface area contributed by atoms with Gasteiger partial charge in [-0.15, -0.1) is 0 Å². The van der Waals surface area contributed by atoms with Crippen molar-refractivity contribution in [2.75, 3.05) is 5.73 Å². The highest BCUT2D eigenvalue weighted by Crippen LogP contribution is 2.24. The van der Waals surface area contributed by atoms with E-state index in [9.17, 15) is 0 Å². The van der Waals surface area contributed by atoms with Gasteiger partial charge in [-0.2, -0.15) is 15.0 Å². The first-order chi connectivity index (χ1) is 11.2. The molecule has 0 unspecified atom stereocenters. The molecule has 0 spiro atoms. The van der Waals surface area contributed by atoms with Crippen molar-refractivity contribution in [3.63, 3.8) is 0 Å². The van der Waals surface area contributed by atoms with E-state index in [4.69, 9.17) is 5.73 Å². The fourth-order valence-electron chi connectivity index (χ4n) is 2.57. The van der Waals surface area contributed by atoms with Crippen molar-refractivity contribution in [2.24, 2.45) is 0 Å². The minimum absolute atomic E-state index is 0.586. The Balaban J connectivity index is 1.72. The molecule has 4 aromatic rings. The Morgan fingerprint density at radius 3 is 2.70 bits per heavy atom. The van der Waals surface area contributed by atoms with E-state index in [-0.39, 0.29) is 0 Å². The van der Waals surface area contributed by atoms with Crippen molar-refractivity contribution in [2.45, 2.75) is 13.5 Å². The molecule has 0 aliphatic carbocycles. The first-order valence-corrected chi connectivity index (χ1v) is 7.25. The van der Waals surface area contributed by atoms with Crippen LogP contribution in [0.2, 0.25) is 0 Å². The summed E-state index contributed by atoms with van der Waals surface area (Å²) in [7, 11) is 0. The SMILES string of the molecule is Cc1nn(Cc2ccc(N)cc2)nc1-c1ncnc2[nH]ccc12. The Bertz CT molecular complexity index is 966. The summed E-state index contributed by atoms with van der Waals surface area (Å²) >= 11 is 0. The number of rotatable bonds is 3. The number of nitrogen functional groups attached to an aromatic ring is 1. The van der Waals surface area contributed by atoms with E-state index in [1.54, 1.807) is 4.80 Å². The number of hydrogen-bond donors (Lipinski definition) is 2. The number of hydrogen-bond acceptors (Lipinski definition) is 5. The topological polar surface area (TPSA) is 98.3 Å². The monoisotopic (exact) mass is 305 g/mol. The third-order valence-electron chi connectivity index (χ3n) is 3.71. The number of aryl methyl sites for hydroxylation is 1. The number of nitrogens with zero attached hydrogens (tertiary/aromatic N) is 5. The van der Waals surface area contributed by atoms with Gasteiger partial charge in [0.05, 0.1) is 12.2 Å². The van der Waals surface area contributed by atoms with Crippen molar-refractivity contribution in [1.82, 2.24) is 29.9 Å². The number of nitrogens with one attached hydrogen (secondary N) is 1. The first-order valence-electron chi connectivity index (χ1n) is 7.25. The number of H-pyrrole nitrogens is 1. The molecule has 3 aromatic heterocycles. The Morgan fingerprint density at radius 2 is 1.87 bits per heavy atom. The fraction of sp³-hybridized carbons (Fsp3) is 0.125. The minimum Gasteiger partial charge on any atom is -0.399 e. The second kappa shape index (κ2) is 5.20. The Labute approximate surface area is 132 Å². The van der Waals surface area contributed by atoms with Crippen LogP contribution in [-0.4, -0.2) is 29.9 Å². The Hall–Kier alpha value is -3.22. The molecule has 114 valence electrons. The quantitative estimate of drug-likeness (QED) is 0.565. The molecular formula is C16H15N7. The molecule has 0 atom stereocenters. The maximum atomic E-state index is 5.71. The number of aromatic amines is 1. The van der Waals surface area contributed by atoms with Gasteiger partial charge in [-0.3, -0.25) is 0 Å². The molecule has 0 aliphatic heterocycles. The first kappa shape index (κ1) is 13.4. The average Bonchev–Trinajstić information content (AvgIpc) is 3.16. The molecule has 0 bridgehead atoms. The van der Waals surface area contributed by atoms with Gasteiger partial charge in [0.15, 0.2) is 0 Å². The molecule has 0 saturated carbocycles. The number of aromatic nitrogens is 6. The van der Waals surface area contributed by atoms with Gasteiger partial charge in [-0.1, -0.05) is 12.1 Å². The second-order valence-electron chi connectivity index (χ2n) is 5.37. The largest absolute Gasteiger partial charge is 0.399 e. The molecule has 0 aliphatic rings. The number of nitrogens with two attached hydrogens (primary N) is 1. The van der Waals surface area contributed by atoms with Gasteiger partial charge in [0.1, 0.15) is 23.4 Å². The lowest BCUT2D eigenvalue weighted by Gasteiger charge is -2.01. The maximum absolute atomic E-state index is 5.71. The predicted octanol–water partition coefficient (Wildman–Crippen LogP) is 2.16. The third-order valence-corrected chi connectivity index (χ3v) is 3.71. The van der Waals surface area contributed by atoms with E-state index in [0.717, 1.165) is 39.4 Å². The van der Waals surface area contributed by atoms with Gasteiger partial charge in [0.25, 0.3) is 0 Å². The number of fused-ring (bicyclic) bond motifs is 1. The molecule has 0 radical (unpaired) electrons. The molecule has 0 fully saturated rings. The molecule has 7 nitrogen and oxygen atoms in total. The maximum Gasteiger partial charge on any atom is 0.141 e. The molecular weight excluding hydrogens is 290 g/mol. The van der Waals surface area contributed by atoms with Crippen molar-refractivity contribution >= 4 is 16.7 Å². The summed E-state index contributed by atoms with van der Waals surface area (Å²) in [5, 5.41) is 10.0. The van der Waals surface area contributed by atoms with Gasteiger partial charge in [-0.05, 0) is 30.7 Å². The summed E-state index contributed by atoms with van der Waals surface area (Å²) in [6, 6.07) is 9.65. The van der Waals surface area contributed by atoms with Crippen LogP contribution in [0.15, 0.2) is 42.9 Å². The third kappa shape index (κ3) is 2.42. The average molecular weight is 305 g/mol. The molecule has 3 N–H and O–H groups in total. The van der Waals surface area contributed by atoms with Crippen LogP contribution in [0.25, 0.3) is 22.4 Å². The van der Waals surface area contributed by atoms with Crippen LogP contribution < -0.4 is 5.73 Å². The van der Waals surface area contributed by atoms with Crippen LogP contribution >= 0.6 is 0 Å². The van der Waals surface area contributed by atoms with Gasteiger partial charge in [0.2, 0.25) is 0 Å². The molecule has 4 rings (SSSR count). The molecule has 0 amide bonds. The van der Waals surface area contributed by atoms with Crippen LogP contribution in [0.4, 0.5) is 5.69 Å². The lowest BCUT2D eigenvalue weighted by Crippen LogP contribution is -2.04. The van der Waals surface area contributed by atoms with Crippen molar-refractivity contribution in [3.8, 4) is 11.4 Å². The lowest BCUT2D eigenvalue weighted by molar-refractivity contribution is 0.589. The number of anilines is 1. The van der Waals surface area contributed by atoms with Crippen molar-refractivity contribution < 1.29 is 0 Å². The van der Waals surface area contributed by atoms with E-state index in [2.05, 4.69) is 25.1 Å². The van der Waals surface area contributed by atoms with E-state index >= 15 is 0 Å². The molecule has 3 heterocycles. The predicted molar refractivity (Wildman–Crippen MR) is 87.6 cm³/mol. The highest BCUT2D eigenvalue weighted by atomic mass is 15.5. The fourth-order valence-corrected chi connectivity index (χ4v) is 2.57. The lowest BCUT2D eigenvalue weighted by atomic mass is 10.2. The Morgan fingerprint density at radius 1 is 1.04 bits per heavy atom. The molecule has 23 heavy (non-hydrogen) atoms. The second-order valence-corrected chi connectivity index (χ2v) is 5.37.